The number of carbonyl (C=O) groups is 1. The molecule has 3 aromatic rings. The van der Waals surface area contributed by atoms with E-state index >= 15 is 0 Å². The number of amides is 2. The number of fused-ring (bicyclic) bond motifs is 1. The molecule has 1 fully saturated rings. The summed E-state index contributed by atoms with van der Waals surface area (Å²) in [6, 6.07) is 11.7. The highest BCUT2D eigenvalue weighted by atomic mass is 16.2. The van der Waals surface area contributed by atoms with E-state index in [2.05, 4.69) is 25.9 Å². The van der Waals surface area contributed by atoms with Crippen LogP contribution in [0.2, 0.25) is 0 Å². The van der Waals surface area contributed by atoms with Crippen LogP contribution in [0.4, 0.5) is 16.4 Å². The lowest BCUT2D eigenvalue weighted by Gasteiger charge is -2.27. The number of benzene rings is 1. The second kappa shape index (κ2) is 6.61. The number of pyridine rings is 2. The lowest BCUT2D eigenvalue weighted by atomic mass is 10.0. The van der Waals surface area contributed by atoms with Crippen LogP contribution in [-0.4, -0.2) is 35.1 Å². The molecule has 0 aliphatic carbocycles. The molecular weight excluding hydrogens is 328 g/mol. The molecule has 1 aliphatic rings. The molecule has 5 N–H and O–H groups in total. The summed E-state index contributed by atoms with van der Waals surface area (Å²) in [5.74, 6) is 0.897. The molecule has 1 aliphatic heterocycles. The van der Waals surface area contributed by atoms with Gasteiger partial charge in [-0.2, -0.15) is 0 Å². The molecule has 1 saturated heterocycles. The third-order valence-corrected chi connectivity index (χ3v) is 4.52. The number of carbonyl (C=O) groups excluding carboxylic acids is 1. The van der Waals surface area contributed by atoms with Crippen LogP contribution in [0.1, 0.15) is 5.56 Å². The van der Waals surface area contributed by atoms with Crippen molar-refractivity contribution in [3.63, 3.8) is 0 Å². The summed E-state index contributed by atoms with van der Waals surface area (Å²) in [6.45, 7) is 3.62. The number of anilines is 2. The number of aryl methyl sites for hydroxylation is 1. The fourth-order valence-corrected chi connectivity index (χ4v) is 2.97. The van der Waals surface area contributed by atoms with Gasteiger partial charge in [0.25, 0.3) is 0 Å². The van der Waals surface area contributed by atoms with Gasteiger partial charge in [0.15, 0.2) is 0 Å². The predicted molar refractivity (Wildman–Crippen MR) is 103 cm³/mol. The maximum Gasteiger partial charge on any atom is 0.320 e. The minimum absolute atomic E-state index is 0.169. The Morgan fingerprint density at radius 1 is 1.27 bits per heavy atom. The van der Waals surface area contributed by atoms with Crippen LogP contribution in [0, 0.1) is 6.92 Å². The molecule has 0 saturated carbocycles. The van der Waals surface area contributed by atoms with Crippen LogP contribution in [0.5, 0.6) is 0 Å². The normalized spacial score (nSPS) is 14.0. The molecule has 2 amide bonds. The van der Waals surface area contributed by atoms with E-state index in [-0.39, 0.29) is 12.1 Å². The van der Waals surface area contributed by atoms with Gasteiger partial charge >= 0.3 is 6.03 Å². The van der Waals surface area contributed by atoms with E-state index in [1.54, 1.807) is 6.20 Å². The molecule has 26 heavy (non-hydrogen) atoms. The zero-order valence-electron chi connectivity index (χ0n) is 14.4. The average Bonchev–Trinajstić information content (AvgIpc) is 2.58. The molecule has 4 rings (SSSR count). The lowest BCUT2D eigenvalue weighted by Crippen LogP contribution is -2.57. The molecule has 3 heterocycles. The molecule has 2 aromatic heterocycles. The highest BCUT2D eigenvalue weighted by Crippen LogP contribution is 2.28. The number of urea groups is 1. The van der Waals surface area contributed by atoms with Crippen molar-refractivity contribution < 1.29 is 4.79 Å². The Morgan fingerprint density at radius 2 is 2.08 bits per heavy atom. The van der Waals surface area contributed by atoms with Crippen molar-refractivity contribution in [3.8, 4) is 11.3 Å². The lowest BCUT2D eigenvalue weighted by molar-refractivity contribution is 0.243. The smallest absolute Gasteiger partial charge is 0.320 e. The summed E-state index contributed by atoms with van der Waals surface area (Å²) in [7, 11) is 0. The maximum absolute atomic E-state index is 12.0. The van der Waals surface area contributed by atoms with Crippen molar-refractivity contribution in [2.24, 2.45) is 0 Å². The van der Waals surface area contributed by atoms with E-state index in [9.17, 15) is 4.79 Å². The van der Waals surface area contributed by atoms with Gasteiger partial charge in [-0.05, 0) is 30.0 Å². The monoisotopic (exact) mass is 348 g/mol. The van der Waals surface area contributed by atoms with Crippen LogP contribution < -0.4 is 21.7 Å². The van der Waals surface area contributed by atoms with Crippen molar-refractivity contribution in [3.05, 3.63) is 48.2 Å². The summed E-state index contributed by atoms with van der Waals surface area (Å²) >= 11 is 0. The third-order valence-electron chi connectivity index (χ3n) is 4.52. The molecule has 1 aromatic carbocycles. The number of rotatable bonds is 3. The quantitative estimate of drug-likeness (QED) is 0.581. The second-order valence-electron chi connectivity index (χ2n) is 6.45. The first-order chi connectivity index (χ1) is 12.6. The van der Waals surface area contributed by atoms with Crippen molar-refractivity contribution in [2.45, 2.75) is 13.0 Å². The van der Waals surface area contributed by atoms with Gasteiger partial charge in [-0.25, -0.2) is 14.8 Å². The van der Waals surface area contributed by atoms with Crippen molar-refractivity contribution in [1.29, 1.82) is 0 Å². The van der Waals surface area contributed by atoms with E-state index in [1.807, 2.05) is 43.3 Å². The van der Waals surface area contributed by atoms with E-state index in [0.717, 1.165) is 40.7 Å². The molecule has 7 heteroatoms. The summed E-state index contributed by atoms with van der Waals surface area (Å²) in [6.07, 6.45) is 1.64. The third kappa shape index (κ3) is 3.16. The standard InChI is InChI=1S/C19H20N6O/c1-11-4-2-3-5-14(11)16-6-12-7-17(22-10-15(12)18(20)24-16)25-19(26)23-13-8-21-9-13/h2-7,10,13,21H,8-9H2,1H3,(H2,20,24)(H2,22,23,25,26). The van der Waals surface area contributed by atoms with Crippen LogP contribution >= 0.6 is 0 Å². The van der Waals surface area contributed by atoms with Gasteiger partial charge in [0.05, 0.1) is 11.7 Å². The van der Waals surface area contributed by atoms with Gasteiger partial charge in [-0.3, -0.25) is 5.32 Å². The highest BCUT2D eigenvalue weighted by molar-refractivity contribution is 5.97. The molecule has 0 bridgehead atoms. The number of hydrogen-bond acceptors (Lipinski definition) is 5. The van der Waals surface area contributed by atoms with Gasteiger partial charge < -0.3 is 16.4 Å². The number of hydrogen-bond donors (Lipinski definition) is 4. The zero-order valence-corrected chi connectivity index (χ0v) is 14.4. The fraction of sp³-hybridized carbons (Fsp3) is 0.211. The molecule has 0 unspecified atom stereocenters. The fourth-order valence-electron chi connectivity index (χ4n) is 2.97. The SMILES string of the molecule is Cc1ccccc1-c1cc2cc(NC(=O)NC3CNC3)ncc2c(N)n1. The van der Waals surface area contributed by atoms with Crippen molar-refractivity contribution >= 4 is 28.4 Å². The van der Waals surface area contributed by atoms with Crippen LogP contribution in [-0.2, 0) is 0 Å². The van der Waals surface area contributed by atoms with Gasteiger partial charge in [-0.1, -0.05) is 24.3 Å². The number of nitrogens with two attached hydrogens (primary N) is 1. The molecule has 0 spiro atoms. The van der Waals surface area contributed by atoms with Crippen LogP contribution in [0.15, 0.2) is 42.6 Å². The Labute approximate surface area is 151 Å². The van der Waals surface area contributed by atoms with Crippen LogP contribution in [0.3, 0.4) is 0 Å². The van der Waals surface area contributed by atoms with E-state index < -0.39 is 0 Å². The topological polar surface area (TPSA) is 105 Å². The van der Waals surface area contributed by atoms with E-state index in [0.29, 0.717) is 11.6 Å². The Morgan fingerprint density at radius 3 is 2.81 bits per heavy atom. The highest BCUT2D eigenvalue weighted by Gasteiger charge is 2.19. The zero-order chi connectivity index (χ0) is 18.1. The predicted octanol–water partition coefficient (Wildman–Crippen LogP) is 2.28. The minimum Gasteiger partial charge on any atom is -0.383 e. The number of nitrogens with one attached hydrogen (secondary N) is 3. The van der Waals surface area contributed by atoms with Crippen molar-refractivity contribution in [1.82, 2.24) is 20.6 Å². The number of aromatic nitrogens is 2. The second-order valence-corrected chi connectivity index (χ2v) is 6.45. The Bertz CT molecular complexity index is 983. The van der Waals surface area contributed by atoms with Gasteiger partial charge in [0.1, 0.15) is 11.6 Å². The maximum atomic E-state index is 12.0. The Hall–Kier alpha value is -3.19. The van der Waals surface area contributed by atoms with Gasteiger partial charge in [-0.15, -0.1) is 0 Å². The Kier molecular flexibility index (Phi) is 4.14. The molecule has 7 nitrogen and oxygen atoms in total. The van der Waals surface area contributed by atoms with Crippen molar-refractivity contribution in [2.75, 3.05) is 24.1 Å². The molecule has 132 valence electrons. The van der Waals surface area contributed by atoms with Gasteiger partial charge in [0, 0.05) is 30.2 Å². The molecule has 0 atom stereocenters. The molecule has 0 radical (unpaired) electrons. The number of nitrogen functional groups attached to an aromatic ring is 1. The van der Waals surface area contributed by atoms with E-state index in [4.69, 9.17) is 5.73 Å². The summed E-state index contributed by atoms with van der Waals surface area (Å²) in [4.78, 5) is 20.8. The summed E-state index contributed by atoms with van der Waals surface area (Å²) in [5.41, 5.74) is 9.09. The van der Waals surface area contributed by atoms with E-state index in [1.165, 1.54) is 0 Å². The largest absolute Gasteiger partial charge is 0.383 e. The number of nitrogens with zero attached hydrogens (tertiary/aromatic N) is 2. The minimum atomic E-state index is -0.260. The summed E-state index contributed by atoms with van der Waals surface area (Å²) < 4.78 is 0. The molecular formula is C19H20N6O. The summed E-state index contributed by atoms with van der Waals surface area (Å²) in [5, 5.41) is 10.4. The average molecular weight is 348 g/mol. The van der Waals surface area contributed by atoms with Crippen LogP contribution in [0.25, 0.3) is 22.0 Å². The first-order valence-electron chi connectivity index (χ1n) is 8.50. The first-order valence-corrected chi connectivity index (χ1v) is 8.50. The Balaban J connectivity index is 1.65. The van der Waals surface area contributed by atoms with Gasteiger partial charge in [0.2, 0.25) is 0 Å². The first kappa shape index (κ1) is 16.3.